The molecule has 2 rings (SSSR count). The van der Waals surface area contributed by atoms with E-state index in [0.717, 1.165) is 0 Å². The molecule has 0 spiro atoms. The van der Waals surface area contributed by atoms with Gasteiger partial charge in [0.05, 0.1) is 6.04 Å². The number of nitrogens with one attached hydrogen (secondary N) is 1. The van der Waals surface area contributed by atoms with E-state index in [9.17, 15) is 4.39 Å². The fourth-order valence-electron chi connectivity index (χ4n) is 1.95. The van der Waals surface area contributed by atoms with Crippen molar-refractivity contribution in [3.63, 3.8) is 0 Å². The zero-order valence-electron chi connectivity index (χ0n) is 12.6. The van der Waals surface area contributed by atoms with Crippen molar-refractivity contribution >= 4 is 17.4 Å². The highest BCUT2D eigenvalue weighted by Gasteiger charge is 2.19. The summed E-state index contributed by atoms with van der Waals surface area (Å²) in [6, 6.07) is 8.11. The Bertz CT molecular complexity index is 638. The van der Waals surface area contributed by atoms with Crippen LogP contribution in [0.3, 0.4) is 0 Å². The fraction of sp³-hybridized carbons (Fsp3) is 0.375. The molecular weight excluding hydrogens is 289 g/mol. The number of hydrogen-bond acceptors (Lipinski definition) is 3. The van der Waals surface area contributed by atoms with E-state index < -0.39 is 0 Å². The third kappa shape index (κ3) is 3.91. The van der Waals surface area contributed by atoms with Crippen LogP contribution in [0.25, 0.3) is 0 Å². The molecule has 1 unspecified atom stereocenters. The predicted octanol–water partition coefficient (Wildman–Crippen LogP) is 4.74. The Morgan fingerprint density at radius 1 is 1.19 bits per heavy atom. The number of nitrogens with zero attached hydrogens (tertiary/aromatic N) is 2. The minimum absolute atomic E-state index is 0.206. The molecule has 21 heavy (non-hydrogen) atoms. The van der Waals surface area contributed by atoms with Crippen LogP contribution in [-0.2, 0) is 5.41 Å². The van der Waals surface area contributed by atoms with Crippen molar-refractivity contribution in [3.8, 4) is 0 Å². The van der Waals surface area contributed by atoms with Crippen molar-refractivity contribution in [1.29, 1.82) is 0 Å². The summed E-state index contributed by atoms with van der Waals surface area (Å²) in [5.41, 5.74) is 0.382. The number of anilines is 1. The molecule has 1 aromatic heterocycles. The van der Waals surface area contributed by atoms with Gasteiger partial charge in [-0.25, -0.2) is 14.4 Å². The highest BCUT2D eigenvalue weighted by atomic mass is 35.5. The second-order valence-corrected chi connectivity index (χ2v) is 6.42. The van der Waals surface area contributed by atoms with E-state index in [1.807, 2.05) is 33.8 Å². The Hall–Kier alpha value is -1.68. The van der Waals surface area contributed by atoms with Gasteiger partial charge in [0.25, 0.3) is 0 Å². The van der Waals surface area contributed by atoms with Gasteiger partial charge in [-0.1, -0.05) is 50.6 Å². The van der Waals surface area contributed by atoms with Gasteiger partial charge in [0.2, 0.25) is 0 Å². The molecule has 0 saturated carbocycles. The van der Waals surface area contributed by atoms with Crippen LogP contribution < -0.4 is 5.32 Å². The highest BCUT2D eigenvalue weighted by Crippen LogP contribution is 2.25. The number of benzene rings is 1. The van der Waals surface area contributed by atoms with Crippen molar-refractivity contribution < 1.29 is 4.39 Å². The lowest BCUT2D eigenvalue weighted by atomic mass is 9.96. The van der Waals surface area contributed by atoms with Crippen LogP contribution in [0.2, 0.25) is 5.15 Å². The highest BCUT2D eigenvalue weighted by molar-refractivity contribution is 6.29. The van der Waals surface area contributed by atoms with Gasteiger partial charge in [-0.3, -0.25) is 0 Å². The summed E-state index contributed by atoms with van der Waals surface area (Å²) in [5, 5.41) is 3.55. The minimum atomic E-state index is -0.242. The summed E-state index contributed by atoms with van der Waals surface area (Å²) >= 11 is 6.05. The van der Waals surface area contributed by atoms with Gasteiger partial charge in [-0.05, 0) is 13.0 Å². The average Bonchev–Trinajstić information content (AvgIpc) is 2.37. The minimum Gasteiger partial charge on any atom is -0.363 e. The molecule has 0 aliphatic heterocycles. The van der Waals surface area contributed by atoms with Crippen LogP contribution in [0, 0.1) is 5.82 Å². The number of hydrogen-bond donors (Lipinski definition) is 1. The summed E-state index contributed by atoms with van der Waals surface area (Å²) < 4.78 is 13.8. The van der Waals surface area contributed by atoms with Crippen molar-refractivity contribution in [2.24, 2.45) is 0 Å². The second kappa shape index (κ2) is 5.98. The molecule has 3 nitrogen and oxygen atoms in total. The summed E-state index contributed by atoms with van der Waals surface area (Å²) in [6.45, 7) is 7.93. The molecule has 0 aliphatic rings. The molecule has 112 valence electrons. The lowest BCUT2D eigenvalue weighted by Gasteiger charge is -2.20. The van der Waals surface area contributed by atoms with Crippen LogP contribution in [0.1, 0.15) is 45.1 Å². The Morgan fingerprint density at radius 3 is 2.48 bits per heavy atom. The standard InChI is InChI=1S/C16H19ClFN3/c1-10(11-7-5-6-8-12(11)18)19-14-9-13(17)20-15(21-14)16(2,3)4/h5-10H,1-4H3,(H,19,20,21). The molecule has 1 aromatic carbocycles. The third-order valence-electron chi connectivity index (χ3n) is 3.10. The van der Waals surface area contributed by atoms with Crippen molar-refractivity contribution in [1.82, 2.24) is 9.97 Å². The first-order valence-electron chi connectivity index (χ1n) is 6.83. The monoisotopic (exact) mass is 307 g/mol. The van der Waals surface area contributed by atoms with E-state index in [1.165, 1.54) is 6.07 Å². The molecule has 0 amide bonds. The quantitative estimate of drug-likeness (QED) is 0.832. The number of halogens is 2. The zero-order chi connectivity index (χ0) is 15.6. The topological polar surface area (TPSA) is 37.8 Å². The van der Waals surface area contributed by atoms with Crippen LogP contribution in [0.5, 0.6) is 0 Å². The van der Waals surface area contributed by atoms with Gasteiger partial charge in [0.15, 0.2) is 0 Å². The van der Waals surface area contributed by atoms with Crippen molar-refractivity contribution in [2.45, 2.75) is 39.2 Å². The van der Waals surface area contributed by atoms with Crippen LogP contribution in [0.4, 0.5) is 10.2 Å². The molecular formula is C16H19ClFN3. The fourth-order valence-corrected chi connectivity index (χ4v) is 2.14. The van der Waals surface area contributed by atoms with Gasteiger partial charge in [0, 0.05) is 17.0 Å². The Morgan fingerprint density at radius 2 is 1.86 bits per heavy atom. The Labute approximate surface area is 129 Å². The van der Waals surface area contributed by atoms with E-state index in [0.29, 0.717) is 22.4 Å². The predicted molar refractivity (Wildman–Crippen MR) is 84.2 cm³/mol. The molecule has 0 aliphatic carbocycles. The average molecular weight is 308 g/mol. The lowest BCUT2D eigenvalue weighted by Crippen LogP contribution is -2.18. The molecule has 0 saturated heterocycles. The van der Waals surface area contributed by atoms with Gasteiger partial charge in [0.1, 0.15) is 22.6 Å². The first-order chi connectivity index (χ1) is 9.77. The summed E-state index contributed by atoms with van der Waals surface area (Å²) in [4.78, 5) is 8.71. The molecule has 5 heteroatoms. The molecule has 1 atom stereocenters. The van der Waals surface area contributed by atoms with Crippen LogP contribution >= 0.6 is 11.6 Å². The number of rotatable bonds is 3. The van der Waals surface area contributed by atoms with Crippen LogP contribution in [0.15, 0.2) is 30.3 Å². The summed E-state index contributed by atoms with van der Waals surface area (Å²) in [5.74, 6) is 1.00. The first kappa shape index (κ1) is 15.7. The van der Waals surface area contributed by atoms with E-state index in [2.05, 4.69) is 15.3 Å². The van der Waals surface area contributed by atoms with Gasteiger partial charge >= 0.3 is 0 Å². The molecule has 2 aromatic rings. The lowest BCUT2D eigenvalue weighted by molar-refractivity contribution is 0.545. The van der Waals surface area contributed by atoms with Crippen molar-refractivity contribution in [3.05, 3.63) is 52.7 Å². The smallest absolute Gasteiger partial charge is 0.137 e. The first-order valence-corrected chi connectivity index (χ1v) is 7.21. The summed E-state index contributed by atoms with van der Waals surface area (Å²) in [7, 11) is 0. The maximum absolute atomic E-state index is 13.8. The van der Waals surface area contributed by atoms with Gasteiger partial charge in [-0.2, -0.15) is 0 Å². The van der Waals surface area contributed by atoms with Gasteiger partial charge < -0.3 is 5.32 Å². The second-order valence-electron chi connectivity index (χ2n) is 6.04. The van der Waals surface area contributed by atoms with E-state index in [4.69, 9.17) is 11.6 Å². The molecule has 1 heterocycles. The van der Waals surface area contributed by atoms with Gasteiger partial charge in [-0.15, -0.1) is 0 Å². The summed E-state index contributed by atoms with van der Waals surface area (Å²) in [6.07, 6.45) is 0. The van der Waals surface area contributed by atoms with Crippen LogP contribution in [-0.4, -0.2) is 9.97 Å². The Kier molecular flexibility index (Phi) is 4.47. The van der Waals surface area contributed by atoms with E-state index in [-0.39, 0.29) is 17.3 Å². The molecule has 0 radical (unpaired) electrons. The molecule has 0 fully saturated rings. The maximum Gasteiger partial charge on any atom is 0.137 e. The molecule has 1 N–H and O–H groups in total. The van der Waals surface area contributed by atoms with Crippen molar-refractivity contribution in [2.75, 3.05) is 5.32 Å². The molecule has 0 bridgehead atoms. The number of aromatic nitrogens is 2. The van der Waals surface area contributed by atoms with E-state index in [1.54, 1.807) is 18.2 Å². The Balaban J connectivity index is 2.28. The normalized spacial score (nSPS) is 13.0. The maximum atomic E-state index is 13.8. The SMILES string of the molecule is CC(Nc1cc(Cl)nc(C(C)(C)C)n1)c1ccccc1F. The largest absolute Gasteiger partial charge is 0.363 e. The third-order valence-corrected chi connectivity index (χ3v) is 3.30. The van der Waals surface area contributed by atoms with E-state index >= 15 is 0 Å². The zero-order valence-corrected chi connectivity index (χ0v) is 13.4.